The van der Waals surface area contributed by atoms with Crippen molar-refractivity contribution in [2.24, 2.45) is 0 Å². The molecule has 6 heteroatoms. The standard InChI is InChI=1S/C17H25FN4O/c18-14-2-1-3-15(12-14)20-17(23)5-7-21-8-10-22(11-9-21)16-4-6-19-13-16/h1-3,12,16,19H,4-11,13H2,(H,20,23). The maximum absolute atomic E-state index is 13.1. The predicted molar refractivity (Wildman–Crippen MR) is 88.9 cm³/mol. The Morgan fingerprint density at radius 3 is 2.83 bits per heavy atom. The molecule has 126 valence electrons. The van der Waals surface area contributed by atoms with E-state index in [0.717, 1.165) is 45.8 Å². The van der Waals surface area contributed by atoms with Crippen molar-refractivity contribution in [3.63, 3.8) is 0 Å². The van der Waals surface area contributed by atoms with Gasteiger partial charge in [-0.15, -0.1) is 0 Å². The highest BCUT2D eigenvalue weighted by atomic mass is 19.1. The van der Waals surface area contributed by atoms with Crippen molar-refractivity contribution in [3.05, 3.63) is 30.1 Å². The summed E-state index contributed by atoms with van der Waals surface area (Å²) < 4.78 is 13.1. The molecule has 2 saturated heterocycles. The summed E-state index contributed by atoms with van der Waals surface area (Å²) in [5.41, 5.74) is 0.522. The fourth-order valence-corrected chi connectivity index (χ4v) is 3.35. The second kappa shape index (κ2) is 7.86. The summed E-state index contributed by atoms with van der Waals surface area (Å²) in [6, 6.07) is 6.70. The molecule has 0 aliphatic carbocycles. The van der Waals surface area contributed by atoms with E-state index >= 15 is 0 Å². The molecular formula is C17H25FN4O. The van der Waals surface area contributed by atoms with E-state index in [9.17, 15) is 9.18 Å². The maximum Gasteiger partial charge on any atom is 0.225 e. The van der Waals surface area contributed by atoms with Crippen molar-refractivity contribution in [2.45, 2.75) is 18.9 Å². The number of rotatable bonds is 5. The topological polar surface area (TPSA) is 47.6 Å². The van der Waals surface area contributed by atoms with Gasteiger partial charge in [0.25, 0.3) is 0 Å². The van der Waals surface area contributed by atoms with Crippen LogP contribution in [0.1, 0.15) is 12.8 Å². The maximum atomic E-state index is 13.1. The number of carbonyl (C=O) groups is 1. The van der Waals surface area contributed by atoms with E-state index in [-0.39, 0.29) is 11.7 Å². The molecule has 0 spiro atoms. The Hall–Kier alpha value is -1.50. The van der Waals surface area contributed by atoms with E-state index in [4.69, 9.17) is 0 Å². The van der Waals surface area contributed by atoms with Gasteiger partial charge < -0.3 is 15.5 Å². The van der Waals surface area contributed by atoms with Crippen LogP contribution in [-0.4, -0.2) is 67.6 Å². The van der Waals surface area contributed by atoms with E-state index in [1.807, 2.05) is 0 Å². The molecule has 2 aliphatic rings. The first kappa shape index (κ1) is 16.4. The number of hydrogen-bond donors (Lipinski definition) is 2. The minimum Gasteiger partial charge on any atom is -0.326 e. The number of nitrogens with zero attached hydrogens (tertiary/aromatic N) is 2. The fraction of sp³-hybridized carbons (Fsp3) is 0.588. The quantitative estimate of drug-likeness (QED) is 0.854. The predicted octanol–water partition coefficient (Wildman–Crippen LogP) is 1.13. The highest BCUT2D eigenvalue weighted by Crippen LogP contribution is 2.13. The monoisotopic (exact) mass is 320 g/mol. The first-order chi connectivity index (χ1) is 11.2. The largest absolute Gasteiger partial charge is 0.326 e. The van der Waals surface area contributed by atoms with E-state index in [1.54, 1.807) is 12.1 Å². The van der Waals surface area contributed by atoms with Gasteiger partial charge in [0.15, 0.2) is 0 Å². The SMILES string of the molecule is O=C(CCN1CCN(C2CCNC2)CC1)Nc1cccc(F)c1. The van der Waals surface area contributed by atoms with Gasteiger partial charge in [-0.3, -0.25) is 9.69 Å². The Labute approximate surface area is 136 Å². The molecule has 2 aliphatic heterocycles. The summed E-state index contributed by atoms with van der Waals surface area (Å²) in [5, 5.41) is 6.16. The van der Waals surface area contributed by atoms with Gasteiger partial charge in [0.05, 0.1) is 0 Å². The first-order valence-electron chi connectivity index (χ1n) is 8.43. The zero-order valence-electron chi connectivity index (χ0n) is 13.4. The molecule has 0 bridgehead atoms. The molecule has 2 fully saturated rings. The van der Waals surface area contributed by atoms with Crippen LogP contribution < -0.4 is 10.6 Å². The average Bonchev–Trinajstić information content (AvgIpc) is 3.08. The van der Waals surface area contributed by atoms with Crippen LogP contribution in [0.5, 0.6) is 0 Å². The fourth-order valence-electron chi connectivity index (χ4n) is 3.35. The lowest BCUT2D eigenvalue weighted by molar-refractivity contribution is -0.116. The molecule has 3 rings (SSSR count). The van der Waals surface area contributed by atoms with Crippen LogP contribution in [0.4, 0.5) is 10.1 Å². The summed E-state index contributed by atoms with van der Waals surface area (Å²) in [4.78, 5) is 16.9. The Bertz CT molecular complexity index is 525. The normalized spacial score (nSPS) is 23.1. The highest BCUT2D eigenvalue weighted by Gasteiger charge is 2.25. The van der Waals surface area contributed by atoms with E-state index in [0.29, 0.717) is 18.2 Å². The van der Waals surface area contributed by atoms with E-state index < -0.39 is 0 Å². The van der Waals surface area contributed by atoms with Crippen molar-refractivity contribution in [1.29, 1.82) is 0 Å². The number of benzene rings is 1. The van der Waals surface area contributed by atoms with Crippen LogP contribution in [0.3, 0.4) is 0 Å². The third kappa shape index (κ3) is 4.73. The van der Waals surface area contributed by atoms with E-state index in [2.05, 4.69) is 20.4 Å². The molecule has 1 unspecified atom stereocenters. The van der Waals surface area contributed by atoms with Crippen LogP contribution in [0.25, 0.3) is 0 Å². The molecule has 23 heavy (non-hydrogen) atoms. The van der Waals surface area contributed by atoms with Gasteiger partial charge in [0.2, 0.25) is 5.91 Å². The second-order valence-electron chi connectivity index (χ2n) is 6.33. The Balaban J connectivity index is 1.36. The van der Waals surface area contributed by atoms with Crippen LogP contribution in [-0.2, 0) is 4.79 Å². The lowest BCUT2D eigenvalue weighted by Gasteiger charge is -2.37. The summed E-state index contributed by atoms with van der Waals surface area (Å²) >= 11 is 0. The van der Waals surface area contributed by atoms with Crippen LogP contribution >= 0.6 is 0 Å². The molecular weight excluding hydrogens is 295 g/mol. The number of anilines is 1. The Morgan fingerprint density at radius 2 is 2.13 bits per heavy atom. The van der Waals surface area contributed by atoms with Gasteiger partial charge in [0.1, 0.15) is 5.82 Å². The van der Waals surface area contributed by atoms with Crippen LogP contribution in [0, 0.1) is 5.82 Å². The minimum absolute atomic E-state index is 0.0574. The molecule has 1 atom stereocenters. The van der Waals surface area contributed by atoms with Gasteiger partial charge in [-0.05, 0) is 31.2 Å². The molecule has 2 heterocycles. The van der Waals surface area contributed by atoms with Gasteiger partial charge >= 0.3 is 0 Å². The van der Waals surface area contributed by atoms with Crippen molar-refractivity contribution >= 4 is 11.6 Å². The molecule has 1 amide bonds. The molecule has 0 aromatic heterocycles. The number of piperazine rings is 1. The smallest absolute Gasteiger partial charge is 0.225 e. The lowest BCUT2D eigenvalue weighted by atomic mass is 10.2. The molecule has 1 aromatic carbocycles. The number of carbonyl (C=O) groups excluding carboxylic acids is 1. The van der Waals surface area contributed by atoms with Gasteiger partial charge in [-0.25, -0.2) is 4.39 Å². The summed E-state index contributed by atoms with van der Waals surface area (Å²) in [6.45, 7) is 7.20. The van der Waals surface area contributed by atoms with Gasteiger partial charge in [-0.2, -0.15) is 0 Å². The molecule has 0 radical (unpaired) electrons. The van der Waals surface area contributed by atoms with Crippen molar-refractivity contribution in [2.75, 3.05) is 51.1 Å². The minimum atomic E-state index is -0.333. The average molecular weight is 320 g/mol. The number of halogens is 1. The number of hydrogen-bond acceptors (Lipinski definition) is 4. The highest BCUT2D eigenvalue weighted by molar-refractivity contribution is 5.90. The first-order valence-corrected chi connectivity index (χ1v) is 8.43. The van der Waals surface area contributed by atoms with Crippen molar-refractivity contribution in [1.82, 2.24) is 15.1 Å². The third-order valence-electron chi connectivity index (χ3n) is 4.72. The van der Waals surface area contributed by atoms with Crippen LogP contribution in [0.2, 0.25) is 0 Å². The Morgan fingerprint density at radius 1 is 1.30 bits per heavy atom. The zero-order valence-corrected chi connectivity index (χ0v) is 13.4. The van der Waals surface area contributed by atoms with Crippen molar-refractivity contribution in [3.8, 4) is 0 Å². The van der Waals surface area contributed by atoms with E-state index in [1.165, 1.54) is 18.6 Å². The zero-order chi connectivity index (χ0) is 16.1. The third-order valence-corrected chi connectivity index (χ3v) is 4.72. The molecule has 2 N–H and O–H groups in total. The molecule has 5 nitrogen and oxygen atoms in total. The Kier molecular flexibility index (Phi) is 5.59. The number of amides is 1. The summed E-state index contributed by atoms with van der Waals surface area (Å²) in [5.74, 6) is -0.390. The molecule has 1 aromatic rings. The summed E-state index contributed by atoms with van der Waals surface area (Å²) in [6.07, 6.45) is 1.69. The molecule has 0 saturated carbocycles. The number of nitrogens with one attached hydrogen (secondary N) is 2. The van der Waals surface area contributed by atoms with Crippen molar-refractivity contribution < 1.29 is 9.18 Å². The van der Waals surface area contributed by atoms with Gasteiger partial charge in [-0.1, -0.05) is 6.07 Å². The second-order valence-corrected chi connectivity index (χ2v) is 6.33. The lowest BCUT2D eigenvalue weighted by Crippen LogP contribution is -2.51. The van der Waals surface area contributed by atoms with Gasteiger partial charge in [0, 0.05) is 57.4 Å². The van der Waals surface area contributed by atoms with Crippen LogP contribution in [0.15, 0.2) is 24.3 Å². The summed E-state index contributed by atoms with van der Waals surface area (Å²) in [7, 11) is 0.